The molecule has 4 saturated carbocycles. The maximum Gasteiger partial charge on any atom is 0.309 e. The van der Waals surface area contributed by atoms with Crippen molar-refractivity contribution in [1.29, 1.82) is 0 Å². The number of carboxylic acid groups (broad SMARTS) is 1. The number of fused-ring (bicyclic) bond motifs is 2. The molecule has 4 aliphatic carbocycles. The van der Waals surface area contributed by atoms with Crippen LogP contribution in [0.15, 0.2) is 72.8 Å². The quantitative estimate of drug-likeness (QED) is 0.135. The number of aliphatic carboxylic acids is 1. The fraction of sp³-hybridized carbons (Fsp3) is 0.633. The molecule has 4 aromatic carbocycles. The zero-order chi connectivity index (χ0) is 47.6. The molecule has 4 unspecified atom stereocenters. The molecule has 0 aliphatic heterocycles. The second-order valence-electron chi connectivity index (χ2n) is 24.3. The maximum absolute atomic E-state index is 12.2. The minimum atomic E-state index is -0.642. The van der Waals surface area contributed by atoms with E-state index in [2.05, 4.69) is 142 Å². The highest BCUT2D eigenvalue weighted by molar-refractivity contribution is 5.89. The third-order valence-corrected chi connectivity index (χ3v) is 17.6. The van der Waals surface area contributed by atoms with E-state index in [-0.39, 0.29) is 28.6 Å². The number of carbonyl (C=O) groups is 2. The number of hydrogen-bond acceptors (Lipinski definition) is 5. The zero-order valence-electron chi connectivity index (χ0n) is 42.6. The van der Waals surface area contributed by atoms with Crippen LogP contribution < -0.4 is 9.47 Å². The van der Waals surface area contributed by atoms with Crippen LogP contribution in [-0.4, -0.2) is 35.9 Å². The largest absolute Gasteiger partial charge is 0.490 e. The summed E-state index contributed by atoms with van der Waals surface area (Å²) in [4.78, 5) is 23.6. The molecule has 4 atom stereocenters. The van der Waals surface area contributed by atoms with Gasteiger partial charge < -0.3 is 19.3 Å². The molecular weight excluding hydrogens is 817 g/mol. The van der Waals surface area contributed by atoms with Crippen molar-refractivity contribution in [3.8, 4) is 11.5 Å². The Balaban J connectivity index is 0.000000197. The second kappa shape index (κ2) is 20.3. The Bertz CT molecular complexity index is 2270. The highest BCUT2D eigenvalue weighted by Gasteiger charge is 2.52. The van der Waals surface area contributed by atoms with Crippen molar-refractivity contribution in [3.63, 3.8) is 0 Å². The van der Waals surface area contributed by atoms with E-state index >= 15 is 0 Å². The lowest BCUT2D eigenvalue weighted by Gasteiger charge is -2.50. The topological polar surface area (TPSA) is 82.1 Å². The number of aryl methyl sites for hydroxylation is 2. The number of ether oxygens (including phenoxy) is 3. The number of carbonyl (C=O) groups excluding carboxylic acids is 1. The summed E-state index contributed by atoms with van der Waals surface area (Å²) >= 11 is 0. The predicted molar refractivity (Wildman–Crippen MR) is 271 cm³/mol. The summed E-state index contributed by atoms with van der Waals surface area (Å²) in [5, 5.41) is 14.3. The number of benzene rings is 4. The zero-order valence-corrected chi connectivity index (χ0v) is 42.6. The van der Waals surface area contributed by atoms with E-state index < -0.39 is 5.97 Å². The second-order valence-corrected chi connectivity index (χ2v) is 24.3. The van der Waals surface area contributed by atoms with Gasteiger partial charge in [-0.25, -0.2) is 0 Å². The van der Waals surface area contributed by atoms with Crippen molar-refractivity contribution >= 4 is 33.5 Å². The van der Waals surface area contributed by atoms with E-state index in [9.17, 15) is 14.7 Å². The lowest BCUT2D eigenvalue weighted by Crippen LogP contribution is -2.49. The van der Waals surface area contributed by atoms with Gasteiger partial charge in [0.25, 0.3) is 0 Å². The first-order chi connectivity index (χ1) is 31.1. The van der Waals surface area contributed by atoms with Crippen molar-refractivity contribution in [3.05, 3.63) is 83.9 Å². The molecule has 6 nitrogen and oxygen atoms in total. The molecule has 6 heteroatoms. The molecule has 0 aromatic heterocycles. The normalized spacial score (nSPS) is 27.1. The minimum Gasteiger partial charge on any atom is -0.490 e. The Kier molecular flexibility index (Phi) is 15.3. The van der Waals surface area contributed by atoms with Crippen molar-refractivity contribution < 1.29 is 28.9 Å². The standard InChI is InChI=1S/C31H44O3.C29H40O3/c1-7-33-29(32)27-20-24(31(27,5)6)13-11-21-12-18-26-22(19-21)9-8-10-28(26)34-25-16-14-23(15-17-25)30(2,3)4;1-28(2,3)21-12-14-23(15-13-21)32-26-8-6-7-20-17-19(10-16-24(20)26)9-11-22-18-25(27(30)31)29(22,4)5/h8-10,12,18-19,23-25,27H,7,11,13-17,20H2,1-6H3;6-8,10,16-17,21-23,25H,9,11-15,18H2,1-5H3,(H,30,31). The van der Waals surface area contributed by atoms with Gasteiger partial charge >= 0.3 is 11.9 Å². The van der Waals surface area contributed by atoms with Gasteiger partial charge in [0.2, 0.25) is 0 Å². The summed E-state index contributed by atoms with van der Waals surface area (Å²) in [6.07, 6.45) is 16.2. The first-order valence-corrected chi connectivity index (χ1v) is 25.9. The molecule has 0 bridgehead atoms. The monoisotopic (exact) mass is 901 g/mol. The van der Waals surface area contributed by atoms with Crippen LogP contribution in [0.1, 0.15) is 164 Å². The van der Waals surface area contributed by atoms with Crippen molar-refractivity contribution in [2.45, 2.75) is 178 Å². The molecule has 0 spiro atoms. The Hall–Kier alpha value is -4.06. The lowest BCUT2D eigenvalue weighted by molar-refractivity contribution is -0.165. The number of rotatable bonds is 13. The van der Waals surface area contributed by atoms with Gasteiger partial charge in [0.1, 0.15) is 11.5 Å². The molecule has 360 valence electrons. The van der Waals surface area contributed by atoms with Crippen LogP contribution in [-0.2, 0) is 27.2 Å². The van der Waals surface area contributed by atoms with Crippen molar-refractivity contribution in [2.24, 2.45) is 57.2 Å². The first-order valence-electron chi connectivity index (χ1n) is 25.9. The van der Waals surface area contributed by atoms with Crippen LogP contribution in [0.5, 0.6) is 11.5 Å². The Morgan fingerprint density at radius 1 is 0.591 bits per heavy atom. The number of carboxylic acids is 1. The Morgan fingerprint density at radius 3 is 1.36 bits per heavy atom. The van der Waals surface area contributed by atoms with Gasteiger partial charge in [-0.2, -0.15) is 0 Å². The summed E-state index contributed by atoms with van der Waals surface area (Å²) in [6.45, 7) is 25.2. The van der Waals surface area contributed by atoms with Gasteiger partial charge in [-0.05, 0) is 176 Å². The van der Waals surface area contributed by atoms with Crippen LogP contribution in [0.4, 0.5) is 0 Å². The lowest BCUT2D eigenvalue weighted by atomic mass is 9.53. The number of hydrogen-bond donors (Lipinski definition) is 1. The average Bonchev–Trinajstić information content (AvgIpc) is 3.25. The highest BCUT2D eigenvalue weighted by Crippen LogP contribution is 2.55. The van der Waals surface area contributed by atoms with Crippen LogP contribution in [0.25, 0.3) is 21.5 Å². The smallest absolute Gasteiger partial charge is 0.309 e. The van der Waals surface area contributed by atoms with Crippen LogP contribution in [0, 0.1) is 57.2 Å². The van der Waals surface area contributed by atoms with Gasteiger partial charge in [-0.3, -0.25) is 9.59 Å². The maximum atomic E-state index is 12.2. The summed E-state index contributed by atoms with van der Waals surface area (Å²) in [7, 11) is 0. The summed E-state index contributed by atoms with van der Waals surface area (Å²) in [5.41, 5.74) is 3.41. The fourth-order valence-corrected chi connectivity index (χ4v) is 12.3. The first kappa shape index (κ1) is 49.8. The van der Waals surface area contributed by atoms with E-state index in [4.69, 9.17) is 14.2 Å². The summed E-state index contributed by atoms with van der Waals surface area (Å²) in [6, 6.07) is 26.4. The summed E-state index contributed by atoms with van der Waals surface area (Å²) in [5.74, 6) is 3.88. The van der Waals surface area contributed by atoms with Crippen LogP contribution in [0.2, 0.25) is 0 Å². The van der Waals surface area contributed by atoms with E-state index in [1.54, 1.807) is 0 Å². The van der Waals surface area contributed by atoms with Gasteiger partial charge in [0.05, 0.1) is 30.7 Å². The third-order valence-electron chi connectivity index (χ3n) is 17.6. The van der Waals surface area contributed by atoms with Crippen molar-refractivity contribution in [1.82, 2.24) is 0 Å². The highest BCUT2D eigenvalue weighted by atomic mass is 16.5. The fourth-order valence-electron chi connectivity index (χ4n) is 12.3. The Labute approximate surface area is 398 Å². The van der Waals surface area contributed by atoms with E-state index in [0.717, 1.165) is 87.5 Å². The Morgan fingerprint density at radius 2 is 1.00 bits per heavy atom. The molecule has 0 saturated heterocycles. The van der Waals surface area contributed by atoms with E-state index in [1.807, 2.05) is 6.92 Å². The SMILES string of the molecule is CC(C)(C)C1CCC(Oc2cccc3cc(CCC4CC(C(=O)O)C4(C)C)ccc23)CC1.CCOC(=O)C1CC(CCc2ccc3c(OC4CCC(C(C)(C)C)CC4)cccc3c2)C1(C)C. The molecule has 0 amide bonds. The molecular formula is C60H84O6. The van der Waals surface area contributed by atoms with Gasteiger partial charge in [-0.15, -0.1) is 0 Å². The van der Waals surface area contributed by atoms with Gasteiger partial charge in [-0.1, -0.05) is 130 Å². The van der Waals surface area contributed by atoms with Crippen LogP contribution >= 0.6 is 0 Å². The summed E-state index contributed by atoms with van der Waals surface area (Å²) < 4.78 is 18.3. The minimum absolute atomic E-state index is 0.0196. The van der Waals surface area contributed by atoms with Crippen LogP contribution in [0.3, 0.4) is 0 Å². The van der Waals surface area contributed by atoms with E-state index in [0.29, 0.717) is 41.5 Å². The van der Waals surface area contributed by atoms with Crippen molar-refractivity contribution in [2.75, 3.05) is 6.61 Å². The molecule has 0 heterocycles. The molecule has 4 aliphatic rings. The molecule has 0 radical (unpaired) electrons. The molecule has 4 fully saturated rings. The average molecular weight is 901 g/mol. The third kappa shape index (κ3) is 11.4. The molecule has 66 heavy (non-hydrogen) atoms. The molecule has 8 rings (SSSR count). The molecule has 1 N–H and O–H groups in total. The van der Waals surface area contributed by atoms with Gasteiger partial charge in [0, 0.05) is 10.8 Å². The number of esters is 1. The van der Waals surface area contributed by atoms with Gasteiger partial charge in [0.15, 0.2) is 0 Å². The van der Waals surface area contributed by atoms with E-state index in [1.165, 1.54) is 58.4 Å². The predicted octanol–water partition coefficient (Wildman–Crippen LogP) is 15.5. The molecule has 4 aromatic rings.